The van der Waals surface area contributed by atoms with Crippen molar-refractivity contribution in [2.75, 3.05) is 6.54 Å². The van der Waals surface area contributed by atoms with Gasteiger partial charge >= 0.3 is 0 Å². The van der Waals surface area contributed by atoms with Crippen LogP contribution in [0.3, 0.4) is 0 Å². The van der Waals surface area contributed by atoms with Crippen LogP contribution in [0.1, 0.15) is 39.0 Å². The van der Waals surface area contributed by atoms with E-state index in [9.17, 15) is 0 Å². The summed E-state index contributed by atoms with van der Waals surface area (Å²) in [6, 6.07) is 0. The van der Waals surface area contributed by atoms with Crippen molar-refractivity contribution in [3.05, 3.63) is 0 Å². The zero-order valence-electron chi connectivity index (χ0n) is 6.82. The summed E-state index contributed by atoms with van der Waals surface area (Å²) in [7, 11) is 0. The monoisotopic (exact) mass is 139 g/mol. The summed E-state index contributed by atoms with van der Waals surface area (Å²) in [6.45, 7) is 3.60. The third-order valence-electron chi connectivity index (χ3n) is 3.27. The van der Waals surface area contributed by atoms with E-state index in [2.05, 4.69) is 12.2 Å². The lowest BCUT2D eigenvalue weighted by atomic mass is 9.89. The Morgan fingerprint density at radius 1 is 1.50 bits per heavy atom. The molecule has 10 heavy (non-hydrogen) atoms. The van der Waals surface area contributed by atoms with Crippen LogP contribution in [0.2, 0.25) is 0 Å². The van der Waals surface area contributed by atoms with Gasteiger partial charge in [-0.2, -0.15) is 0 Å². The molecule has 0 amide bonds. The standard InChI is InChI=1S/C9H17N/c1-2-9(8-4-5-8)6-3-7-10-9/h8,10H,2-7H2,1H3. The molecule has 58 valence electrons. The van der Waals surface area contributed by atoms with Gasteiger partial charge in [0.1, 0.15) is 0 Å². The van der Waals surface area contributed by atoms with Crippen molar-refractivity contribution in [1.29, 1.82) is 0 Å². The summed E-state index contributed by atoms with van der Waals surface area (Å²) >= 11 is 0. The predicted octanol–water partition coefficient (Wildman–Crippen LogP) is 1.93. The summed E-state index contributed by atoms with van der Waals surface area (Å²) < 4.78 is 0. The van der Waals surface area contributed by atoms with Crippen molar-refractivity contribution in [2.45, 2.75) is 44.6 Å². The van der Waals surface area contributed by atoms with Crippen LogP contribution in [0.5, 0.6) is 0 Å². The molecule has 0 radical (unpaired) electrons. The van der Waals surface area contributed by atoms with E-state index >= 15 is 0 Å². The molecule has 0 aromatic rings. The van der Waals surface area contributed by atoms with Crippen molar-refractivity contribution in [3.8, 4) is 0 Å². The minimum atomic E-state index is 0.597. The van der Waals surface area contributed by atoms with Gasteiger partial charge in [-0.15, -0.1) is 0 Å². The average Bonchev–Trinajstić information content (AvgIpc) is 2.71. The lowest BCUT2D eigenvalue weighted by Crippen LogP contribution is -2.41. The fraction of sp³-hybridized carbons (Fsp3) is 1.00. The van der Waals surface area contributed by atoms with Gasteiger partial charge in [-0.25, -0.2) is 0 Å². The second-order valence-electron chi connectivity index (χ2n) is 3.81. The first-order valence-electron chi connectivity index (χ1n) is 4.62. The number of hydrogen-bond acceptors (Lipinski definition) is 1. The Hall–Kier alpha value is -0.0400. The van der Waals surface area contributed by atoms with E-state index in [1.807, 2.05) is 0 Å². The van der Waals surface area contributed by atoms with Crippen molar-refractivity contribution < 1.29 is 0 Å². The van der Waals surface area contributed by atoms with E-state index < -0.39 is 0 Å². The van der Waals surface area contributed by atoms with Crippen molar-refractivity contribution in [2.24, 2.45) is 5.92 Å². The van der Waals surface area contributed by atoms with Gasteiger partial charge in [0.15, 0.2) is 0 Å². The van der Waals surface area contributed by atoms with E-state index in [0.717, 1.165) is 5.92 Å². The van der Waals surface area contributed by atoms with Gasteiger partial charge in [-0.05, 0) is 44.6 Å². The van der Waals surface area contributed by atoms with Crippen molar-refractivity contribution in [1.82, 2.24) is 5.32 Å². The highest BCUT2D eigenvalue weighted by Gasteiger charge is 2.44. The third kappa shape index (κ3) is 0.878. The Labute approximate surface area is 63.2 Å². The fourth-order valence-electron chi connectivity index (χ4n) is 2.40. The number of rotatable bonds is 2. The molecule has 2 aliphatic rings. The van der Waals surface area contributed by atoms with E-state index in [1.165, 1.54) is 38.6 Å². The summed E-state index contributed by atoms with van der Waals surface area (Å²) in [6.07, 6.45) is 7.16. The second-order valence-corrected chi connectivity index (χ2v) is 3.81. The maximum absolute atomic E-state index is 3.68. The van der Waals surface area contributed by atoms with Gasteiger partial charge in [0, 0.05) is 5.54 Å². The third-order valence-corrected chi connectivity index (χ3v) is 3.27. The topological polar surface area (TPSA) is 12.0 Å². The van der Waals surface area contributed by atoms with Crippen LogP contribution in [0, 0.1) is 5.92 Å². The van der Waals surface area contributed by atoms with Crippen LogP contribution in [-0.4, -0.2) is 12.1 Å². The molecule has 0 aromatic heterocycles. The predicted molar refractivity (Wildman–Crippen MR) is 43.0 cm³/mol. The van der Waals surface area contributed by atoms with E-state index in [-0.39, 0.29) is 0 Å². The van der Waals surface area contributed by atoms with E-state index in [0.29, 0.717) is 5.54 Å². The van der Waals surface area contributed by atoms with Gasteiger partial charge in [-0.3, -0.25) is 0 Å². The summed E-state index contributed by atoms with van der Waals surface area (Å²) in [5, 5.41) is 3.68. The largest absolute Gasteiger partial charge is 0.311 e. The Morgan fingerprint density at radius 3 is 2.70 bits per heavy atom. The molecule has 1 saturated carbocycles. The lowest BCUT2D eigenvalue weighted by molar-refractivity contribution is 0.314. The molecular formula is C9H17N. The van der Waals surface area contributed by atoms with Crippen LogP contribution in [-0.2, 0) is 0 Å². The minimum Gasteiger partial charge on any atom is -0.311 e. The van der Waals surface area contributed by atoms with Crippen molar-refractivity contribution in [3.63, 3.8) is 0 Å². The van der Waals surface area contributed by atoms with Crippen LogP contribution >= 0.6 is 0 Å². The Bertz CT molecular complexity index is 121. The molecule has 1 N–H and O–H groups in total. The molecule has 2 rings (SSSR count). The molecule has 1 heterocycles. The Kier molecular flexibility index (Phi) is 1.48. The molecule has 1 aliphatic heterocycles. The van der Waals surface area contributed by atoms with Crippen LogP contribution < -0.4 is 5.32 Å². The first-order chi connectivity index (χ1) is 4.87. The molecule has 1 saturated heterocycles. The maximum atomic E-state index is 3.68. The fourth-order valence-corrected chi connectivity index (χ4v) is 2.40. The SMILES string of the molecule is CCC1(C2CC2)CCCN1. The lowest BCUT2D eigenvalue weighted by Gasteiger charge is -2.27. The number of nitrogens with one attached hydrogen (secondary N) is 1. The van der Waals surface area contributed by atoms with Crippen LogP contribution in [0.25, 0.3) is 0 Å². The van der Waals surface area contributed by atoms with Crippen LogP contribution in [0.4, 0.5) is 0 Å². The van der Waals surface area contributed by atoms with Gasteiger partial charge < -0.3 is 5.32 Å². The zero-order valence-corrected chi connectivity index (χ0v) is 6.82. The molecule has 0 bridgehead atoms. The highest BCUT2D eigenvalue weighted by atomic mass is 15.0. The second kappa shape index (κ2) is 2.23. The molecule has 1 nitrogen and oxygen atoms in total. The normalized spacial score (nSPS) is 40.5. The smallest absolute Gasteiger partial charge is 0.0207 e. The molecule has 2 fully saturated rings. The summed E-state index contributed by atoms with van der Waals surface area (Å²) in [5.41, 5.74) is 0.597. The van der Waals surface area contributed by atoms with Crippen LogP contribution in [0.15, 0.2) is 0 Å². The average molecular weight is 139 g/mol. The van der Waals surface area contributed by atoms with Crippen molar-refractivity contribution >= 4 is 0 Å². The molecule has 1 unspecified atom stereocenters. The van der Waals surface area contributed by atoms with Gasteiger partial charge in [0.25, 0.3) is 0 Å². The van der Waals surface area contributed by atoms with Gasteiger partial charge in [0.2, 0.25) is 0 Å². The molecule has 1 atom stereocenters. The molecule has 0 aromatic carbocycles. The highest BCUT2D eigenvalue weighted by Crippen LogP contribution is 2.45. The quantitative estimate of drug-likeness (QED) is 0.616. The molecule has 1 heteroatoms. The Morgan fingerprint density at radius 2 is 2.30 bits per heavy atom. The minimum absolute atomic E-state index is 0.597. The zero-order chi connectivity index (χ0) is 7.03. The first kappa shape index (κ1) is 6.66. The summed E-state index contributed by atoms with van der Waals surface area (Å²) in [4.78, 5) is 0. The Balaban J connectivity index is 2.04. The number of hydrogen-bond donors (Lipinski definition) is 1. The molecule has 1 aliphatic carbocycles. The van der Waals surface area contributed by atoms with Gasteiger partial charge in [0.05, 0.1) is 0 Å². The van der Waals surface area contributed by atoms with E-state index in [4.69, 9.17) is 0 Å². The summed E-state index contributed by atoms with van der Waals surface area (Å²) in [5.74, 6) is 1.04. The highest BCUT2D eigenvalue weighted by molar-refractivity contribution is 5.02. The van der Waals surface area contributed by atoms with Gasteiger partial charge in [-0.1, -0.05) is 6.92 Å². The maximum Gasteiger partial charge on any atom is 0.0207 e. The molecular weight excluding hydrogens is 122 g/mol. The first-order valence-corrected chi connectivity index (χ1v) is 4.62. The molecule has 0 spiro atoms. The van der Waals surface area contributed by atoms with E-state index in [1.54, 1.807) is 0 Å².